The zero-order valence-corrected chi connectivity index (χ0v) is 15.7. The second-order valence-electron chi connectivity index (χ2n) is 7.18. The van der Waals surface area contributed by atoms with E-state index >= 15 is 0 Å². The lowest BCUT2D eigenvalue weighted by molar-refractivity contribution is -0.136. The molecular formula is C21H25NO5. The lowest BCUT2D eigenvalue weighted by atomic mass is 9.72. The second kappa shape index (κ2) is 7.96. The first kappa shape index (κ1) is 19.2. The first-order valence-corrected chi connectivity index (χ1v) is 9.14. The van der Waals surface area contributed by atoms with Crippen LogP contribution in [-0.2, 0) is 21.4 Å². The van der Waals surface area contributed by atoms with Gasteiger partial charge in [-0.15, -0.1) is 0 Å². The number of rotatable bonds is 6. The number of benzene rings is 1. The highest BCUT2D eigenvalue weighted by atomic mass is 16.5. The molecule has 1 amide bonds. The van der Waals surface area contributed by atoms with Crippen LogP contribution in [0.2, 0.25) is 0 Å². The van der Waals surface area contributed by atoms with E-state index in [1.165, 1.54) is 17.4 Å². The Morgan fingerprint density at radius 3 is 2.52 bits per heavy atom. The highest BCUT2D eigenvalue weighted by Gasteiger charge is 2.36. The number of hydrogen-bond acceptors (Lipinski definition) is 4. The van der Waals surface area contributed by atoms with E-state index in [1.807, 2.05) is 12.1 Å². The average Bonchev–Trinajstić information content (AvgIpc) is 3.00. The fourth-order valence-electron chi connectivity index (χ4n) is 3.88. The molecule has 6 heteroatoms. The van der Waals surface area contributed by atoms with Crippen LogP contribution in [-0.4, -0.2) is 36.7 Å². The van der Waals surface area contributed by atoms with E-state index < -0.39 is 5.97 Å². The van der Waals surface area contributed by atoms with Gasteiger partial charge in [0.1, 0.15) is 12.2 Å². The molecule has 1 saturated heterocycles. The van der Waals surface area contributed by atoms with Gasteiger partial charge in [0.25, 0.3) is 5.91 Å². The zero-order chi connectivity index (χ0) is 19.4. The van der Waals surface area contributed by atoms with Gasteiger partial charge in [0.05, 0.1) is 11.8 Å². The van der Waals surface area contributed by atoms with Gasteiger partial charge in [-0.3, -0.25) is 9.59 Å². The molecule has 0 saturated carbocycles. The van der Waals surface area contributed by atoms with Gasteiger partial charge < -0.3 is 19.6 Å². The summed E-state index contributed by atoms with van der Waals surface area (Å²) in [6.45, 7) is 5.60. The number of carbonyl (C=O) groups excluding carboxylic acids is 1. The number of carboxylic acids is 1. The van der Waals surface area contributed by atoms with Gasteiger partial charge in [0.2, 0.25) is 0 Å². The molecule has 1 aromatic heterocycles. The van der Waals surface area contributed by atoms with Gasteiger partial charge in [-0.1, -0.05) is 24.3 Å². The largest absolute Gasteiger partial charge is 0.481 e. The van der Waals surface area contributed by atoms with Crippen molar-refractivity contribution in [2.75, 3.05) is 19.8 Å². The van der Waals surface area contributed by atoms with Gasteiger partial charge in [-0.2, -0.15) is 0 Å². The Bertz CT molecular complexity index is 833. The van der Waals surface area contributed by atoms with E-state index in [9.17, 15) is 9.59 Å². The smallest absolute Gasteiger partial charge is 0.311 e. The van der Waals surface area contributed by atoms with Crippen molar-refractivity contribution in [1.29, 1.82) is 0 Å². The molecule has 2 N–H and O–H groups in total. The molecule has 27 heavy (non-hydrogen) atoms. The Balaban J connectivity index is 1.83. The molecular weight excluding hydrogens is 346 g/mol. The van der Waals surface area contributed by atoms with E-state index in [4.69, 9.17) is 14.3 Å². The van der Waals surface area contributed by atoms with Crippen LogP contribution in [0.4, 0.5) is 0 Å². The molecule has 6 nitrogen and oxygen atoms in total. The molecule has 0 unspecified atom stereocenters. The summed E-state index contributed by atoms with van der Waals surface area (Å²) < 4.78 is 10.8. The molecule has 0 atom stereocenters. The molecule has 2 heterocycles. The fourth-order valence-corrected chi connectivity index (χ4v) is 3.88. The third kappa shape index (κ3) is 4.06. The quantitative estimate of drug-likeness (QED) is 0.815. The normalized spacial score (nSPS) is 16.1. The van der Waals surface area contributed by atoms with Crippen molar-refractivity contribution in [2.45, 2.75) is 38.5 Å². The molecule has 0 radical (unpaired) electrons. The molecule has 0 bridgehead atoms. The summed E-state index contributed by atoms with van der Waals surface area (Å²) in [7, 11) is 0. The number of carbonyl (C=O) groups is 2. The summed E-state index contributed by atoms with van der Waals surface area (Å²) in [6, 6.07) is 8.23. The van der Waals surface area contributed by atoms with E-state index in [-0.39, 0.29) is 23.5 Å². The third-order valence-electron chi connectivity index (χ3n) is 5.34. The van der Waals surface area contributed by atoms with Crippen LogP contribution in [0.15, 0.2) is 34.9 Å². The summed E-state index contributed by atoms with van der Waals surface area (Å²) in [6.07, 6.45) is 2.76. The predicted molar refractivity (Wildman–Crippen MR) is 100 cm³/mol. The molecule has 1 fully saturated rings. The van der Waals surface area contributed by atoms with Gasteiger partial charge >= 0.3 is 5.97 Å². The number of aryl methyl sites for hydroxylation is 2. The summed E-state index contributed by atoms with van der Waals surface area (Å²) in [5.41, 5.74) is 3.19. The van der Waals surface area contributed by atoms with Crippen molar-refractivity contribution in [2.24, 2.45) is 0 Å². The Kier molecular flexibility index (Phi) is 5.65. The third-order valence-corrected chi connectivity index (χ3v) is 5.34. The lowest BCUT2D eigenvalue weighted by Crippen LogP contribution is -2.45. The molecule has 2 aromatic rings. The number of aliphatic carboxylic acids is 1. The molecule has 1 aromatic carbocycles. The minimum Gasteiger partial charge on any atom is -0.481 e. The van der Waals surface area contributed by atoms with Crippen molar-refractivity contribution in [3.05, 3.63) is 58.5 Å². The van der Waals surface area contributed by atoms with Crippen LogP contribution in [0.25, 0.3) is 0 Å². The maximum absolute atomic E-state index is 12.8. The van der Waals surface area contributed by atoms with Crippen molar-refractivity contribution >= 4 is 11.9 Å². The first-order valence-electron chi connectivity index (χ1n) is 9.14. The van der Waals surface area contributed by atoms with Gasteiger partial charge in [-0.05, 0) is 37.8 Å². The number of furan rings is 1. The minimum absolute atomic E-state index is 0.189. The SMILES string of the molecule is Cc1ccccc1C1(CNC(=O)c2c(C)coc2CC(=O)O)CCOCC1. The van der Waals surface area contributed by atoms with Crippen LogP contribution >= 0.6 is 0 Å². The van der Waals surface area contributed by atoms with Crippen LogP contribution in [0.3, 0.4) is 0 Å². The lowest BCUT2D eigenvalue weighted by Gasteiger charge is -2.39. The fraction of sp³-hybridized carbons (Fsp3) is 0.429. The Morgan fingerprint density at radius 2 is 1.85 bits per heavy atom. The van der Waals surface area contributed by atoms with Gasteiger partial charge in [0, 0.05) is 30.7 Å². The molecule has 1 aliphatic rings. The van der Waals surface area contributed by atoms with Crippen molar-refractivity contribution in [3.8, 4) is 0 Å². The number of amides is 1. The first-order chi connectivity index (χ1) is 12.9. The molecule has 0 aliphatic carbocycles. The summed E-state index contributed by atoms with van der Waals surface area (Å²) in [5, 5.41) is 12.1. The Labute approximate surface area is 158 Å². The summed E-state index contributed by atoms with van der Waals surface area (Å²) >= 11 is 0. The number of ether oxygens (including phenoxy) is 1. The van der Waals surface area contributed by atoms with Gasteiger partial charge in [0.15, 0.2) is 0 Å². The monoisotopic (exact) mass is 371 g/mol. The summed E-state index contributed by atoms with van der Waals surface area (Å²) in [5.74, 6) is -1.13. The number of hydrogen-bond donors (Lipinski definition) is 2. The predicted octanol–water partition coefficient (Wildman–Crippen LogP) is 3.00. The van der Waals surface area contributed by atoms with Gasteiger partial charge in [-0.25, -0.2) is 0 Å². The van der Waals surface area contributed by atoms with Crippen LogP contribution in [0.5, 0.6) is 0 Å². The molecule has 1 aliphatic heterocycles. The second-order valence-corrected chi connectivity index (χ2v) is 7.18. The van der Waals surface area contributed by atoms with E-state index in [1.54, 1.807) is 6.92 Å². The van der Waals surface area contributed by atoms with Crippen molar-refractivity contribution in [3.63, 3.8) is 0 Å². The van der Waals surface area contributed by atoms with Crippen molar-refractivity contribution < 1.29 is 23.8 Å². The highest BCUT2D eigenvalue weighted by molar-refractivity contribution is 5.97. The highest BCUT2D eigenvalue weighted by Crippen LogP contribution is 2.36. The summed E-state index contributed by atoms with van der Waals surface area (Å²) in [4.78, 5) is 23.9. The van der Waals surface area contributed by atoms with Crippen molar-refractivity contribution in [1.82, 2.24) is 5.32 Å². The number of nitrogens with one attached hydrogen (secondary N) is 1. The standard InChI is InChI=1S/C21H25NO5/c1-14-5-3-4-6-16(14)21(7-9-26-10-8-21)13-22-20(25)19-15(2)12-27-17(19)11-18(23)24/h3-6,12H,7-11,13H2,1-2H3,(H,22,25)(H,23,24). The minimum atomic E-state index is -1.03. The maximum Gasteiger partial charge on any atom is 0.311 e. The van der Waals surface area contributed by atoms with Crippen LogP contribution in [0, 0.1) is 13.8 Å². The van der Waals surface area contributed by atoms with E-state index in [0.29, 0.717) is 30.9 Å². The zero-order valence-electron chi connectivity index (χ0n) is 15.7. The topological polar surface area (TPSA) is 88.8 Å². The molecule has 3 rings (SSSR count). The number of carboxylic acid groups (broad SMARTS) is 1. The van der Waals surface area contributed by atoms with Crippen LogP contribution in [0.1, 0.15) is 45.7 Å². The molecule has 0 spiro atoms. The van der Waals surface area contributed by atoms with E-state index in [2.05, 4.69) is 24.4 Å². The van der Waals surface area contributed by atoms with E-state index in [0.717, 1.165) is 12.8 Å². The van der Waals surface area contributed by atoms with Crippen LogP contribution < -0.4 is 5.32 Å². The molecule has 144 valence electrons. The Hall–Kier alpha value is -2.60. The Morgan fingerprint density at radius 1 is 1.15 bits per heavy atom. The maximum atomic E-state index is 12.8. The average molecular weight is 371 g/mol.